The molecule has 0 aliphatic carbocycles. The summed E-state index contributed by atoms with van der Waals surface area (Å²) in [5.74, 6) is -0.138. The summed E-state index contributed by atoms with van der Waals surface area (Å²) < 4.78 is 42.3. The van der Waals surface area contributed by atoms with Gasteiger partial charge in [-0.15, -0.1) is 0 Å². The second kappa shape index (κ2) is 8.01. The van der Waals surface area contributed by atoms with Gasteiger partial charge in [0.25, 0.3) is 5.91 Å². The predicted molar refractivity (Wildman–Crippen MR) is 113 cm³/mol. The minimum atomic E-state index is -0.791. The molecule has 2 aromatic heterocycles. The van der Waals surface area contributed by atoms with Gasteiger partial charge in [-0.3, -0.25) is 4.79 Å². The second-order valence-corrected chi connectivity index (χ2v) is 7.40. The van der Waals surface area contributed by atoms with Crippen molar-refractivity contribution in [3.8, 4) is 40.1 Å². The van der Waals surface area contributed by atoms with Crippen molar-refractivity contribution in [3.63, 3.8) is 0 Å². The molecule has 0 radical (unpaired) electrons. The van der Waals surface area contributed by atoms with Crippen molar-refractivity contribution in [2.45, 2.75) is 19.6 Å². The number of nitrogens with two attached hydrogens (primary N) is 1. The van der Waals surface area contributed by atoms with Crippen molar-refractivity contribution in [2.75, 3.05) is 6.61 Å². The van der Waals surface area contributed by atoms with E-state index in [-0.39, 0.29) is 5.69 Å². The van der Waals surface area contributed by atoms with Crippen LogP contribution in [0.25, 0.3) is 28.6 Å². The predicted octanol–water partition coefficient (Wildman–Crippen LogP) is 2.72. The third-order valence-electron chi connectivity index (χ3n) is 5.19. The van der Waals surface area contributed by atoms with E-state index in [0.29, 0.717) is 47.6 Å². The lowest BCUT2D eigenvalue weighted by Crippen LogP contribution is -2.30. The smallest absolute Gasteiger partial charge is 0.258 e. The number of primary amides is 1. The average Bonchev–Trinajstić information content (AvgIpc) is 3.38. The van der Waals surface area contributed by atoms with Gasteiger partial charge < -0.3 is 19.8 Å². The summed E-state index contributed by atoms with van der Waals surface area (Å²) in [5.41, 5.74) is 6.49. The highest BCUT2D eigenvalue weighted by molar-refractivity contribution is 5.79. The number of hydrogen-bond acceptors (Lipinski definition) is 6. The number of carbonyl (C=O) groups is 1. The molecule has 11 heteroatoms. The van der Waals surface area contributed by atoms with E-state index < -0.39 is 23.6 Å². The number of rotatable bonds is 5. The Morgan fingerprint density at radius 1 is 1.21 bits per heavy atom. The highest BCUT2D eigenvalue weighted by atomic mass is 19.1. The number of benzene rings is 2. The van der Waals surface area contributed by atoms with Crippen LogP contribution in [0.15, 0.2) is 48.9 Å². The molecule has 1 atom stereocenters. The Hall–Kier alpha value is -4.28. The summed E-state index contributed by atoms with van der Waals surface area (Å²) in [7, 11) is 0. The first-order valence-corrected chi connectivity index (χ1v) is 10.1. The zero-order chi connectivity index (χ0) is 23.1. The van der Waals surface area contributed by atoms with Crippen molar-refractivity contribution in [1.82, 2.24) is 24.3 Å². The first kappa shape index (κ1) is 20.6. The van der Waals surface area contributed by atoms with Crippen molar-refractivity contribution < 1.29 is 23.0 Å². The van der Waals surface area contributed by atoms with Crippen molar-refractivity contribution in [1.29, 1.82) is 0 Å². The molecule has 33 heavy (non-hydrogen) atoms. The van der Waals surface area contributed by atoms with E-state index in [1.165, 1.54) is 17.1 Å². The zero-order valence-electron chi connectivity index (χ0n) is 17.4. The molecule has 0 spiro atoms. The minimum Gasteiger partial charge on any atom is -0.491 e. The van der Waals surface area contributed by atoms with Gasteiger partial charge in [0.05, 0.1) is 12.1 Å². The lowest BCUT2D eigenvalue weighted by atomic mass is 10.1. The van der Waals surface area contributed by atoms with Gasteiger partial charge in [-0.2, -0.15) is 5.10 Å². The maximum Gasteiger partial charge on any atom is 0.258 e. The standard InChI is InChI=1S/C22H18F2N6O3/c1-12(20(25)31)33-14-3-4-15-19(9-14)32-7-6-29-10-17(28-21(15)29)22-26-11-27-30(22)18-5-2-13(23)8-16(18)24/h2-5,8-12H,6-7H2,1H3,(H2,25,31). The molecule has 2 aromatic carbocycles. The fourth-order valence-electron chi connectivity index (χ4n) is 3.55. The Morgan fingerprint density at radius 3 is 2.85 bits per heavy atom. The van der Waals surface area contributed by atoms with Gasteiger partial charge >= 0.3 is 0 Å². The lowest BCUT2D eigenvalue weighted by molar-refractivity contribution is -0.123. The van der Waals surface area contributed by atoms with Gasteiger partial charge in [0.1, 0.15) is 47.5 Å². The number of halogens is 2. The van der Waals surface area contributed by atoms with E-state index in [0.717, 1.165) is 12.1 Å². The number of fused-ring (bicyclic) bond motifs is 3. The third-order valence-corrected chi connectivity index (χ3v) is 5.19. The Bertz CT molecular complexity index is 1370. The lowest BCUT2D eigenvalue weighted by Gasteiger charge is -2.13. The van der Waals surface area contributed by atoms with Gasteiger partial charge in [-0.05, 0) is 31.2 Å². The molecule has 3 heterocycles. The first-order valence-electron chi connectivity index (χ1n) is 10.1. The van der Waals surface area contributed by atoms with Crippen LogP contribution < -0.4 is 15.2 Å². The normalized spacial score (nSPS) is 13.4. The fraction of sp³-hybridized carbons (Fsp3) is 0.182. The molecule has 4 aromatic rings. The Morgan fingerprint density at radius 2 is 2.06 bits per heavy atom. The molecule has 9 nitrogen and oxygen atoms in total. The Balaban J connectivity index is 1.53. The molecule has 0 fully saturated rings. The van der Waals surface area contributed by atoms with Crippen LogP contribution in [0.3, 0.4) is 0 Å². The number of amides is 1. The number of aromatic nitrogens is 5. The highest BCUT2D eigenvalue weighted by Gasteiger charge is 2.23. The fourth-order valence-corrected chi connectivity index (χ4v) is 3.55. The van der Waals surface area contributed by atoms with E-state index in [1.54, 1.807) is 31.3 Å². The maximum atomic E-state index is 14.4. The van der Waals surface area contributed by atoms with Gasteiger partial charge in [0.15, 0.2) is 17.7 Å². The van der Waals surface area contributed by atoms with Crippen molar-refractivity contribution >= 4 is 5.91 Å². The topological polar surface area (TPSA) is 110 Å². The first-order chi connectivity index (χ1) is 15.9. The van der Waals surface area contributed by atoms with Crippen LogP contribution in [0, 0.1) is 11.6 Å². The summed E-state index contributed by atoms with van der Waals surface area (Å²) in [4.78, 5) is 20.2. The summed E-state index contributed by atoms with van der Waals surface area (Å²) in [6.07, 6.45) is 2.26. The van der Waals surface area contributed by atoms with E-state index in [4.69, 9.17) is 20.2 Å². The van der Waals surface area contributed by atoms with Crippen LogP contribution in [-0.2, 0) is 11.3 Å². The molecule has 1 aliphatic rings. The van der Waals surface area contributed by atoms with Crippen LogP contribution in [0.2, 0.25) is 0 Å². The van der Waals surface area contributed by atoms with E-state index >= 15 is 0 Å². The Labute approximate surface area is 186 Å². The molecule has 5 rings (SSSR count). The highest BCUT2D eigenvalue weighted by Crippen LogP contribution is 2.36. The SMILES string of the molecule is CC(Oc1ccc2c(c1)OCCn1cc(-c3ncnn3-c3ccc(F)cc3F)nc1-2)C(N)=O. The van der Waals surface area contributed by atoms with Gasteiger partial charge in [0, 0.05) is 18.3 Å². The molecule has 1 aliphatic heterocycles. The van der Waals surface area contributed by atoms with E-state index in [2.05, 4.69) is 10.1 Å². The van der Waals surface area contributed by atoms with Gasteiger partial charge in [0.2, 0.25) is 0 Å². The summed E-state index contributed by atoms with van der Waals surface area (Å²) in [5, 5.41) is 4.09. The van der Waals surface area contributed by atoms with Crippen molar-refractivity contribution in [2.24, 2.45) is 5.73 Å². The summed E-state index contributed by atoms with van der Waals surface area (Å²) in [6, 6.07) is 8.38. The molecule has 0 saturated heterocycles. The largest absolute Gasteiger partial charge is 0.491 e. The minimum absolute atomic E-state index is 0.0567. The quantitative estimate of drug-likeness (QED) is 0.499. The van der Waals surface area contributed by atoms with Gasteiger partial charge in [-0.1, -0.05) is 0 Å². The monoisotopic (exact) mass is 452 g/mol. The molecular weight excluding hydrogens is 434 g/mol. The molecule has 1 unspecified atom stereocenters. The summed E-state index contributed by atoms with van der Waals surface area (Å²) >= 11 is 0. The van der Waals surface area contributed by atoms with Crippen LogP contribution in [0.1, 0.15) is 6.92 Å². The molecule has 168 valence electrons. The van der Waals surface area contributed by atoms with Crippen LogP contribution in [0.4, 0.5) is 8.78 Å². The zero-order valence-corrected chi connectivity index (χ0v) is 17.4. The van der Waals surface area contributed by atoms with E-state index in [1.807, 2.05) is 4.57 Å². The third kappa shape index (κ3) is 3.77. The van der Waals surface area contributed by atoms with Crippen LogP contribution >= 0.6 is 0 Å². The molecule has 2 N–H and O–H groups in total. The molecular formula is C22H18F2N6O3. The summed E-state index contributed by atoms with van der Waals surface area (Å²) in [6.45, 7) is 2.43. The van der Waals surface area contributed by atoms with Crippen molar-refractivity contribution in [3.05, 3.63) is 60.6 Å². The number of ether oxygens (including phenoxy) is 2. The molecule has 0 bridgehead atoms. The maximum absolute atomic E-state index is 14.4. The van der Waals surface area contributed by atoms with Gasteiger partial charge in [-0.25, -0.2) is 23.4 Å². The van der Waals surface area contributed by atoms with E-state index in [9.17, 15) is 13.6 Å². The molecule has 0 saturated carbocycles. The number of imidazole rings is 1. The number of nitrogens with zero attached hydrogens (tertiary/aromatic N) is 5. The number of carbonyl (C=O) groups excluding carboxylic acids is 1. The Kier molecular flexibility index (Phi) is 5.00. The second-order valence-electron chi connectivity index (χ2n) is 7.40. The van der Waals surface area contributed by atoms with Crippen LogP contribution in [-0.4, -0.2) is 42.9 Å². The number of hydrogen-bond donors (Lipinski definition) is 1. The molecule has 1 amide bonds. The average molecular weight is 452 g/mol. The van der Waals surface area contributed by atoms with Crippen LogP contribution in [0.5, 0.6) is 11.5 Å².